The average Bonchev–Trinajstić information content (AvgIpc) is 3.03. The summed E-state index contributed by atoms with van der Waals surface area (Å²) in [7, 11) is -5.05. The standard InChI is InChI=1S/C34H62O12S/c1-3-5-7-9-11-12-13-14-15-16-17-19-21-23-30(36)44-28(26-42-24-22-20-18-10-8-6-4-2)27-43-34-32(38)33(46-47(39,40)41)31(37)29(25-35)45-34/h7,9,12-13,28-29,31-35,37-38H,3-6,8,10-11,14-27H2,1-2H3,(H,39,40,41)/b9-7-,13-12-. The number of aliphatic hydroxyl groups is 3. The van der Waals surface area contributed by atoms with Gasteiger partial charge in [0, 0.05) is 13.0 Å². The van der Waals surface area contributed by atoms with Gasteiger partial charge in [-0.25, -0.2) is 4.18 Å². The summed E-state index contributed by atoms with van der Waals surface area (Å²) >= 11 is 0. The first kappa shape index (κ1) is 43.6. The van der Waals surface area contributed by atoms with Gasteiger partial charge in [-0.15, -0.1) is 0 Å². The van der Waals surface area contributed by atoms with Crippen molar-refractivity contribution >= 4 is 16.4 Å². The lowest BCUT2D eigenvalue weighted by Gasteiger charge is -2.41. The summed E-state index contributed by atoms with van der Waals surface area (Å²) in [6, 6.07) is 0. The lowest BCUT2D eigenvalue weighted by Crippen LogP contribution is -2.60. The molecule has 4 N–H and O–H groups in total. The van der Waals surface area contributed by atoms with Gasteiger partial charge in [0.1, 0.15) is 30.5 Å². The number of aliphatic hydroxyl groups excluding tert-OH is 3. The van der Waals surface area contributed by atoms with Crippen molar-refractivity contribution in [3.8, 4) is 0 Å². The summed E-state index contributed by atoms with van der Waals surface area (Å²) in [5, 5.41) is 30.4. The Balaban J connectivity index is 2.55. The number of ether oxygens (including phenoxy) is 4. The Morgan fingerprint density at radius 1 is 0.809 bits per heavy atom. The Kier molecular flexibility index (Phi) is 25.4. The number of rotatable bonds is 29. The Labute approximate surface area is 282 Å². The van der Waals surface area contributed by atoms with Crippen molar-refractivity contribution in [3.05, 3.63) is 24.3 Å². The van der Waals surface area contributed by atoms with Crippen LogP contribution < -0.4 is 0 Å². The van der Waals surface area contributed by atoms with Crippen LogP contribution in [0.2, 0.25) is 0 Å². The minimum atomic E-state index is -5.05. The Morgan fingerprint density at radius 3 is 2.11 bits per heavy atom. The fourth-order valence-corrected chi connectivity index (χ4v) is 5.63. The second-order valence-electron chi connectivity index (χ2n) is 12.1. The Bertz CT molecular complexity index is 941. The first-order valence-electron chi connectivity index (χ1n) is 17.6. The van der Waals surface area contributed by atoms with Gasteiger partial charge in [0.05, 0.1) is 19.8 Å². The summed E-state index contributed by atoms with van der Waals surface area (Å²) in [5.74, 6) is -0.418. The maximum absolute atomic E-state index is 12.7. The summed E-state index contributed by atoms with van der Waals surface area (Å²) in [6.07, 6.45) is 16.7. The summed E-state index contributed by atoms with van der Waals surface area (Å²) in [4.78, 5) is 12.7. The highest BCUT2D eigenvalue weighted by molar-refractivity contribution is 7.80. The molecule has 276 valence electrons. The van der Waals surface area contributed by atoms with E-state index in [2.05, 4.69) is 42.3 Å². The van der Waals surface area contributed by atoms with Gasteiger partial charge >= 0.3 is 16.4 Å². The molecular weight excluding hydrogens is 632 g/mol. The van der Waals surface area contributed by atoms with Crippen LogP contribution in [0.3, 0.4) is 0 Å². The van der Waals surface area contributed by atoms with E-state index in [0.29, 0.717) is 13.0 Å². The summed E-state index contributed by atoms with van der Waals surface area (Å²) in [5.41, 5.74) is 0. The molecule has 0 amide bonds. The highest BCUT2D eigenvalue weighted by atomic mass is 32.3. The number of esters is 1. The molecule has 1 fully saturated rings. The zero-order valence-electron chi connectivity index (χ0n) is 28.6. The van der Waals surface area contributed by atoms with Gasteiger partial charge in [-0.1, -0.05) is 102 Å². The van der Waals surface area contributed by atoms with E-state index in [0.717, 1.165) is 64.2 Å². The fourth-order valence-electron chi connectivity index (χ4n) is 5.12. The predicted octanol–water partition coefficient (Wildman–Crippen LogP) is 5.34. The molecule has 0 aliphatic carbocycles. The summed E-state index contributed by atoms with van der Waals surface area (Å²) in [6.45, 7) is 3.82. The first-order valence-corrected chi connectivity index (χ1v) is 19.0. The predicted molar refractivity (Wildman–Crippen MR) is 179 cm³/mol. The molecule has 0 aromatic rings. The Morgan fingerprint density at radius 2 is 1.45 bits per heavy atom. The molecule has 1 aliphatic heterocycles. The second kappa shape index (κ2) is 27.4. The van der Waals surface area contributed by atoms with Crippen LogP contribution in [-0.4, -0.2) is 97.5 Å². The van der Waals surface area contributed by atoms with Crippen molar-refractivity contribution in [2.24, 2.45) is 0 Å². The van der Waals surface area contributed by atoms with Gasteiger partial charge in [-0.05, 0) is 38.5 Å². The van der Waals surface area contributed by atoms with Crippen molar-refractivity contribution < 1.29 is 56.2 Å². The van der Waals surface area contributed by atoms with Gasteiger partial charge in [-0.3, -0.25) is 9.35 Å². The van der Waals surface area contributed by atoms with Gasteiger partial charge in [0.15, 0.2) is 6.29 Å². The van der Waals surface area contributed by atoms with Crippen LogP contribution in [0.5, 0.6) is 0 Å². The molecule has 6 atom stereocenters. The molecule has 0 aromatic heterocycles. The van der Waals surface area contributed by atoms with Crippen molar-refractivity contribution in [2.75, 3.05) is 26.4 Å². The van der Waals surface area contributed by atoms with Gasteiger partial charge in [0.2, 0.25) is 0 Å². The number of allylic oxidation sites excluding steroid dienone is 4. The number of hydrogen-bond donors (Lipinski definition) is 4. The van der Waals surface area contributed by atoms with E-state index in [1.54, 1.807) is 0 Å². The first-order chi connectivity index (χ1) is 22.6. The SMILES string of the molecule is CCC/C=C\C/C=C\CCCCCCCC(=O)OC(COCCCCCCCCC)COC1OC(CO)C(O)C(OS(=O)(=O)O)C1O. The van der Waals surface area contributed by atoms with Crippen molar-refractivity contribution in [1.82, 2.24) is 0 Å². The molecule has 0 saturated carbocycles. The zero-order valence-corrected chi connectivity index (χ0v) is 29.4. The molecule has 1 aliphatic rings. The zero-order chi connectivity index (χ0) is 34.8. The maximum Gasteiger partial charge on any atom is 0.397 e. The smallest absolute Gasteiger partial charge is 0.397 e. The van der Waals surface area contributed by atoms with Gasteiger partial charge in [0.25, 0.3) is 0 Å². The van der Waals surface area contributed by atoms with E-state index in [1.165, 1.54) is 32.1 Å². The van der Waals surface area contributed by atoms with Crippen LogP contribution in [-0.2, 0) is 38.3 Å². The number of carbonyl (C=O) groups is 1. The van der Waals surface area contributed by atoms with Crippen LogP contribution in [0, 0.1) is 0 Å². The molecule has 1 heterocycles. The number of unbranched alkanes of at least 4 members (excludes halogenated alkanes) is 12. The lowest BCUT2D eigenvalue weighted by molar-refractivity contribution is -0.301. The maximum atomic E-state index is 12.7. The normalized spacial score (nSPS) is 22.7. The van der Waals surface area contributed by atoms with E-state index in [4.69, 9.17) is 23.5 Å². The molecule has 12 nitrogen and oxygen atoms in total. The van der Waals surface area contributed by atoms with Crippen LogP contribution >= 0.6 is 0 Å². The number of carbonyl (C=O) groups excluding carboxylic acids is 1. The average molecular weight is 695 g/mol. The van der Waals surface area contributed by atoms with E-state index >= 15 is 0 Å². The Hall–Kier alpha value is -1.42. The third-order valence-corrected chi connectivity index (χ3v) is 8.27. The van der Waals surface area contributed by atoms with Gasteiger partial charge in [-0.2, -0.15) is 8.42 Å². The molecule has 6 unspecified atom stereocenters. The van der Waals surface area contributed by atoms with Crippen LogP contribution in [0.1, 0.15) is 123 Å². The molecule has 0 bridgehead atoms. The van der Waals surface area contributed by atoms with Crippen molar-refractivity contribution in [3.63, 3.8) is 0 Å². The molecule has 1 rings (SSSR count). The molecule has 1 saturated heterocycles. The highest BCUT2D eigenvalue weighted by Crippen LogP contribution is 2.26. The molecule has 13 heteroatoms. The van der Waals surface area contributed by atoms with Crippen molar-refractivity contribution in [1.29, 1.82) is 0 Å². The molecule has 0 spiro atoms. The molecule has 47 heavy (non-hydrogen) atoms. The van der Waals surface area contributed by atoms with Crippen LogP contribution in [0.4, 0.5) is 0 Å². The van der Waals surface area contributed by atoms with Crippen molar-refractivity contribution in [2.45, 2.75) is 160 Å². The quantitative estimate of drug-likeness (QED) is 0.0342. The molecular formula is C34H62O12S. The topological polar surface area (TPSA) is 178 Å². The minimum absolute atomic E-state index is 0.0311. The van der Waals surface area contributed by atoms with Crippen LogP contribution in [0.25, 0.3) is 0 Å². The third kappa shape index (κ3) is 22.0. The molecule has 0 aromatic carbocycles. The van der Waals surface area contributed by atoms with E-state index in [-0.39, 0.29) is 19.6 Å². The van der Waals surface area contributed by atoms with E-state index in [9.17, 15) is 28.5 Å². The highest BCUT2D eigenvalue weighted by Gasteiger charge is 2.48. The van der Waals surface area contributed by atoms with E-state index in [1.807, 2.05) is 0 Å². The fraction of sp³-hybridized carbons (Fsp3) is 0.853. The number of hydrogen-bond acceptors (Lipinski definition) is 11. The second-order valence-corrected chi connectivity index (χ2v) is 13.2. The molecule has 0 radical (unpaired) electrons. The largest absolute Gasteiger partial charge is 0.457 e. The lowest BCUT2D eigenvalue weighted by atomic mass is 9.99. The van der Waals surface area contributed by atoms with E-state index < -0.39 is 59.8 Å². The minimum Gasteiger partial charge on any atom is -0.457 e. The van der Waals surface area contributed by atoms with Gasteiger partial charge < -0.3 is 34.3 Å². The third-order valence-electron chi connectivity index (χ3n) is 7.81. The monoisotopic (exact) mass is 694 g/mol. The summed E-state index contributed by atoms with van der Waals surface area (Å²) < 4.78 is 58.4. The van der Waals surface area contributed by atoms with Crippen LogP contribution in [0.15, 0.2) is 24.3 Å².